The molecule has 1 fully saturated rings. The third-order valence-electron chi connectivity index (χ3n) is 6.28. The molecule has 3 aromatic rings. The second-order valence-corrected chi connectivity index (χ2v) is 8.49. The van der Waals surface area contributed by atoms with Crippen LogP contribution in [0.3, 0.4) is 0 Å². The van der Waals surface area contributed by atoms with Gasteiger partial charge >= 0.3 is 5.97 Å². The smallest absolute Gasteiger partial charge is 0.308 e. The van der Waals surface area contributed by atoms with E-state index in [2.05, 4.69) is 4.98 Å². The Bertz CT molecular complexity index is 1260. The van der Waals surface area contributed by atoms with Crippen LogP contribution in [0.25, 0.3) is 11.1 Å². The summed E-state index contributed by atoms with van der Waals surface area (Å²) in [4.78, 5) is 41.1. The summed E-state index contributed by atoms with van der Waals surface area (Å²) in [6, 6.07) is 16.8. The van der Waals surface area contributed by atoms with Crippen molar-refractivity contribution in [2.45, 2.75) is 25.3 Å². The van der Waals surface area contributed by atoms with E-state index in [4.69, 9.17) is 11.1 Å². The molecule has 5 N–H and O–H groups in total. The quantitative estimate of drug-likeness (QED) is 0.318. The van der Waals surface area contributed by atoms with Gasteiger partial charge in [0.25, 0.3) is 5.91 Å². The molecule has 4 rings (SSSR count). The third kappa shape index (κ3) is 4.91. The highest BCUT2D eigenvalue weighted by Crippen LogP contribution is 2.29. The number of nitrogens with zero attached hydrogens (tertiary/aromatic N) is 1. The highest BCUT2D eigenvalue weighted by atomic mass is 16.4. The number of carboxylic acid groups (broad SMARTS) is 1. The zero-order valence-corrected chi connectivity index (χ0v) is 18.5. The number of pyridine rings is 1. The molecule has 1 aliphatic heterocycles. The van der Waals surface area contributed by atoms with Gasteiger partial charge in [-0.3, -0.25) is 19.8 Å². The van der Waals surface area contributed by atoms with Gasteiger partial charge in [0.15, 0.2) is 0 Å². The van der Waals surface area contributed by atoms with E-state index < -0.39 is 17.9 Å². The van der Waals surface area contributed by atoms with E-state index in [1.807, 2.05) is 18.2 Å². The van der Waals surface area contributed by atoms with Gasteiger partial charge < -0.3 is 20.7 Å². The first kappa shape index (κ1) is 23.0. The number of carboxylic acids is 1. The van der Waals surface area contributed by atoms with Gasteiger partial charge in [-0.2, -0.15) is 0 Å². The van der Waals surface area contributed by atoms with Crippen LogP contribution in [0.15, 0.2) is 71.7 Å². The lowest BCUT2D eigenvalue weighted by molar-refractivity contribution is -0.143. The van der Waals surface area contributed by atoms with Crippen LogP contribution in [0, 0.1) is 11.3 Å². The first-order chi connectivity index (χ1) is 16.3. The van der Waals surface area contributed by atoms with Crippen molar-refractivity contribution in [3.05, 3.63) is 93.9 Å². The molecule has 0 aliphatic carbocycles. The summed E-state index contributed by atoms with van der Waals surface area (Å²) in [7, 11) is 0. The number of hydrogen-bond acceptors (Lipinski definition) is 4. The van der Waals surface area contributed by atoms with Crippen LogP contribution in [0.4, 0.5) is 0 Å². The molecule has 8 nitrogen and oxygen atoms in total. The van der Waals surface area contributed by atoms with E-state index in [0.717, 1.165) is 23.1 Å². The van der Waals surface area contributed by atoms with Gasteiger partial charge in [-0.05, 0) is 60.2 Å². The Morgan fingerprint density at radius 3 is 2.47 bits per heavy atom. The normalized spacial score (nSPS) is 16.2. The predicted octanol–water partition coefficient (Wildman–Crippen LogP) is 2.87. The number of aromatic amines is 1. The minimum Gasteiger partial charge on any atom is -0.481 e. The third-order valence-corrected chi connectivity index (χ3v) is 6.28. The number of rotatable bonds is 7. The summed E-state index contributed by atoms with van der Waals surface area (Å²) in [6.45, 7) is 0.502. The van der Waals surface area contributed by atoms with Gasteiger partial charge in [0, 0.05) is 36.0 Å². The van der Waals surface area contributed by atoms with Crippen molar-refractivity contribution in [3.63, 3.8) is 0 Å². The van der Waals surface area contributed by atoms with Crippen molar-refractivity contribution in [2.24, 2.45) is 11.7 Å². The maximum atomic E-state index is 13.3. The molecule has 0 spiro atoms. The van der Waals surface area contributed by atoms with Crippen molar-refractivity contribution in [1.29, 1.82) is 5.41 Å². The lowest BCUT2D eigenvalue weighted by Gasteiger charge is -2.30. The van der Waals surface area contributed by atoms with E-state index in [0.29, 0.717) is 24.1 Å². The summed E-state index contributed by atoms with van der Waals surface area (Å²) in [5, 5.41) is 17.6. The van der Waals surface area contributed by atoms with Gasteiger partial charge in [-0.1, -0.05) is 30.3 Å². The van der Waals surface area contributed by atoms with Gasteiger partial charge in [0.05, 0.1) is 5.92 Å². The monoisotopic (exact) mass is 458 g/mol. The van der Waals surface area contributed by atoms with E-state index in [1.54, 1.807) is 47.5 Å². The average molecular weight is 459 g/mol. The number of aromatic nitrogens is 1. The Kier molecular flexibility index (Phi) is 6.58. The first-order valence-electron chi connectivity index (χ1n) is 11.1. The fourth-order valence-electron chi connectivity index (χ4n) is 4.53. The molecule has 2 aromatic carbocycles. The maximum Gasteiger partial charge on any atom is 0.308 e. The van der Waals surface area contributed by atoms with Crippen LogP contribution >= 0.6 is 0 Å². The largest absolute Gasteiger partial charge is 0.481 e. The SMILES string of the molecule is N=C(N)c1cccc(C[C@@H](C(=O)O)[C@H]2CCCN2C(=O)c2ccc(-c3ccc(=O)[nH]c3)cc2)c1. The van der Waals surface area contributed by atoms with Gasteiger partial charge in [0.1, 0.15) is 5.84 Å². The molecule has 0 saturated carbocycles. The van der Waals surface area contributed by atoms with Crippen molar-refractivity contribution in [2.75, 3.05) is 6.54 Å². The second kappa shape index (κ2) is 9.74. The first-order valence-corrected chi connectivity index (χ1v) is 11.1. The lowest BCUT2D eigenvalue weighted by Crippen LogP contribution is -2.43. The molecular formula is C26H26N4O4. The number of likely N-dealkylation sites (tertiary alicyclic amines) is 1. The highest BCUT2D eigenvalue weighted by Gasteiger charge is 2.38. The second-order valence-electron chi connectivity index (χ2n) is 8.49. The number of amidine groups is 1. The zero-order chi connectivity index (χ0) is 24.2. The molecule has 1 saturated heterocycles. The fourth-order valence-corrected chi connectivity index (χ4v) is 4.53. The van der Waals surface area contributed by atoms with Crippen LogP contribution in [-0.4, -0.2) is 45.3 Å². The van der Waals surface area contributed by atoms with Crippen molar-refractivity contribution >= 4 is 17.7 Å². The molecule has 1 amide bonds. The standard InChI is InChI=1S/C26H26N4O4/c27-24(28)19-4-1-3-16(13-19)14-21(26(33)34)22-5-2-12-30(22)25(32)18-8-6-17(7-9-18)20-10-11-23(31)29-15-20/h1,3-4,6-11,13,15,21-22H,2,5,12,14H2,(H3,27,28)(H,29,31)(H,33,34)/t21-,22-/m1/s1. The number of nitrogens with two attached hydrogens (primary N) is 1. The van der Waals surface area contributed by atoms with Crippen LogP contribution in [0.2, 0.25) is 0 Å². The number of benzene rings is 2. The number of hydrogen-bond donors (Lipinski definition) is 4. The predicted molar refractivity (Wildman–Crippen MR) is 129 cm³/mol. The lowest BCUT2D eigenvalue weighted by atomic mass is 9.89. The zero-order valence-electron chi connectivity index (χ0n) is 18.5. The fraction of sp³-hybridized carbons (Fsp3) is 0.231. The number of aliphatic carboxylic acids is 1. The summed E-state index contributed by atoms with van der Waals surface area (Å²) in [5.74, 6) is -1.99. The van der Waals surface area contributed by atoms with Crippen molar-refractivity contribution in [1.82, 2.24) is 9.88 Å². The summed E-state index contributed by atoms with van der Waals surface area (Å²) < 4.78 is 0. The van der Waals surface area contributed by atoms with E-state index in [1.165, 1.54) is 6.07 Å². The molecule has 0 radical (unpaired) electrons. The molecule has 34 heavy (non-hydrogen) atoms. The van der Waals surface area contributed by atoms with Crippen LogP contribution in [0.5, 0.6) is 0 Å². The molecule has 0 bridgehead atoms. The Hall–Kier alpha value is -4.20. The molecular weight excluding hydrogens is 432 g/mol. The van der Waals surface area contributed by atoms with E-state index >= 15 is 0 Å². The van der Waals surface area contributed by atoms with Gasteiger partial charge in [-0.25, -0.2) is 0 Å². The molecule has 0 unspecified atom stereocenters. The Labute approximate surface area is 196 Å². The van der Waals surface area contributed by atoms with E-state index in [9.17, 15) is 19.5 Å². The number of carbonyl (C=O) groups is 2. The van der Waals surface area contributed by atoms with Crippen LogP contribution < -0.4 is 11.3 Å². The molecule has 8 heteroatoms. The minimum atomic E-state index is -0.952. The van der Waals surface area contributed by atoms with E-state index in [-0.39, 0.29) is 23.7 Å². The molecule has 1 aromatic heterocycles. The van der Waals surface area contributed by atoms with Crippen LogP contribution in [0.1, 0.15) is 34.3 Å². The topological polar surface area (TPSA) is 140 Å². The average Bonchev–Trinajstić information content (AvgIpc) is 3.32. The van der Waals surface area contributed by atoms with Crippen molar-refractivity contribution < 1.29 is 14.7 Å². The number of carbonyl (C=O) groups excluding carboxylic acids is 1. The summed E-state index contributed by atoms with van der Waals surface area (Å²) in [6.07, 6.45) is 3.22. The minimum absolute atomic E-state index is 0.0725. The van der Waals surface area contributed by atoms with Gasteiger partial charge in [-0.15, -0.1) is 0 Å². The Morgan fingerprint density at radius 1 is 1.09 bits per heavy atom. The number of amides is 1. The Morgan fingerprint density at radius 2 is 1.82 bits per heavy atom. The number of H-pyrrole nitrogens is 1. The number of nitrogen functional groups attached to an aromatic ring is 1. The Balaban J connectivity index is 1.54. The molecule has 2 atom stereocenters. The summed E-state index contributed by atoms with van der Waals surface area (Å²) in [5.41, 5.74) is 8.88. The molecule has 2 heterocycles. The maximum absolute atomic E-state index is 13.3. The highest BCUT2D eigenvalue weighted by molar-refractivity contribution is 5.96. The summed E-state index contributed by atoms with van der Waals surface area (Å²) >= 11 is 0. The molecule has 1 aliphatic rings. The molecule has 174 valence electrons. The number of nitrogens with one attached hydrogen (secondary N) is 2. The van der Waals surface area contributed by atoms with Crippen molar-refractivity contribution in [3.8, 4) is 11.1 Å². The van der Waals surface area contributed by atoms with Crippen LogP contribution in [-0.2, 0) is 11.2 Å². The van der Waals surface area contributed by atoms with Gasteiger partial charge in [0.2, 0.25) is 5.56 Å².